The van der Waals surface area contributed by atoms with Gasteiger partial charge in [0.1, 0.15) is 98.2 Å². The highest BCUT2D eigenvalue weighted by Crippen LogP contribution is 2.61. The number of aryl methyl sites for hydroxylation is 8. The van der Waals surface area contributed by atoms with Gasteiger partial charge in [0.15, 0.2) is 24.9 Å². The minimum atomic E-state index is -4.84. The number of para-hydroxylation sites is 4. The van der Waals surface area contributed by atoms with Crippen molar-refractivity contribution in [3.8, 4) is 23.0 Å². The quantitative estimate of drug-likeness (QED) is 0.0488. The van der Waals surface area contributed by atoms with E-state index in [-0.39, 0.29) is 76.2 Å². The summed E-state index contributed by atoms with van der Waals surface area (Å²) in [6.45, 7) is 1.13. The van der Waals surface area contributed by atoms with Gasteiger partial charge in [-0.25, -0.2) is 55.0 Å². The van der Waals surface area contributed by atoms with Crippen LogP contribution in [0.2, 0.25) is 0 Å². The van der Waals surface area contributed by atoms with Gasteiger partial charge >= 0.3 is 54.0 Å². The van der Waals surface area contributed by atoms with E-state index in [9.17, 15) is 97.5 Å². The number of hydrogen-bond acceptors (Lipinski definition) is 36. The van der Waals surface area contributed by atoms with E-state index in [1.807, 2.05) is 19.9 Å². The van der Waals surface area contributed by atoms with Crippen LogP contribution in [-0.4, -0.2) is 178 Å². The number of phosphoric ester groups is 4. The van der Waals surface area contributed by atoms with Crippen molar-refractivity contribution in [3.05, 3.63) is 248 Å². The molecular formula is C72H80F4N8O36P4. The number of halogens is 4. The Balaban J connectivity index is 0.000000148. The zero-order valence-electron chi connectivity index (χ0n) is 71.4. The second kappa shape index (κ2) is 35.1. The molecule has 4 unspecified atom stereocenters. The highest BCUT2D eigenvalue weighted by Gasteiger charge is 2.62. The number of aliphatic hydroxyl groups is 8. The molecule has 0 aliphatic carbocycles. The number of aliphatic hydroxyl groups excluding tert-OH is 8. The number of H-pyrrole nitrogens is 4. The monoisotopic (exact) mass is 1840 g/mol. The summed E-state index contributed by atoms with van der Waals surface area (Å²) < 4.78 is 245. The van der Waals surface area contributed by atoms with Crippen LogP contribution in [0.1, 0.15) is 99.8 Å². The Bertz CT molecular complexity index is 6540. The Labute approximate surface area is 701 Å². The fourth-order valence-electron chi connectivity index (χ4n) is 12.7. The van der Waals surface area contributed by atoms with E-state index >= 15 is 17.6 Å². The molecule has 124 heavy (non-hydrogen) atoms. The average molecular weight is 1840 g/mol. The molecule has 4 fully saturated rings. The van der Waals surface area contributed by atoms with Gasteiger partial charge in [-0.3, -0.25) is 93.6 Å². The number of ether oxygens (including phenoxy) is 4. The molecule has 16 rings (SSSR count). The van der Waals surface area contributed by atoms with Crippen LogP contribution < -0.4 is 63.1 Å². The van der Waals surface area contributed by atoms with Gasteiger partial charge in [0, 0.05) is 69.3 Å². The number of alkyl halides is 4. The molecule has 52 heteroatoms. The second-order valence-corrected chi connectivity index (χ2v) is 34.9. The molecule has 4 aromatic carbocycles. The maximum Gasteiger partial charge on any atom is 0.530 e. The lowest BCUT2D eigenvalue weighted by Gasteiger charge is -2.29. The molecule has 4 saturated heterocycles. The lowest BCUT2D eigenvalue weighted by molar-refractivity contribution is -0.205. The van der Waals surface area contributed by atoms with Crippen molar-refractivity contribution >= 4 is 31.3 Å². The molecule has 0 radical (unpaired) electrons. The van der Waals surface area contributed by atoms with Crippen molar-refractivity contribution in [3.63, 3.8) is 0 Å². The van der Waals surface area contributed by atoms with Gasteiger partial charge in [0.25, 0.3) is 45.7 Å². The number of phosphoric acid groups is 4. The molecule has 20 atom stereocenters. The van der Waals surface area contributed by atoms with Crippen LogP contribution in [0.4, 0.5) is 17.6 Å². The van der Waals surface area contributed by atoms with Crippen molar-refractivity contribution < 1.29 is 158 Å². The molecule has 12 N–H and O–H groups in total. The van der Waals surface area contributed by atoms with Gasteiger partial charge in [0.05, 0.1) is 34.7 Å². The Morgan fingerprint density at radius 3 is 0.935 bits per heavy atom. The van der Waals surface area contributed by atoms with Crippen molar-refractivity contribution in [1.29, 1.82) is 0 Å². The minimum Gasteiger partial charge on any atom is -0.403 e. The molecule has 8 aromatic rings. The average Bonchev–Trinajstić information content (AvgIpc) is 1.55. The topological polar surface area (TPSA) is 597 Å². The first-order chi connectivity index (χ1) is 60.3. The molecule has 8 aliphatic heterocycles. The van der Waals surface area contributed by atoms with Gasteiger partial charge in [-0.15, -0.1) is 0 Å². The molecule has 0 bridgehead atoms. The van der Waals surface area contributed by atoms with Crippen LogP contribution in [0.25, 0.3) is 0 Å². The number of benzene rings is 4. The Kier molecular flexibility index (Phi) is 23.8. The van der Waals surface area contributed by atoms with E-state index in [2.05, 4.69) is 0 Å². The van der Waals surface area contributed by atoms with Crippen molar-refractivity contribution in [2.45, 2.75) is 179 Å². The van der Waals surface area contributed by atoms with Crippen LogP contribution in [0, 0.1) is 55.4 Å². The third-order valence-corrected chi connectivity index (χ3v) is 24.5. The van der Waals surface area contributed by atoms with Crippen LogP contribution in [0.3, 0.4) is 0 Å². The summed E-state index contributed by atoms with van der Waals surface area (Å²) in [5, 5.41) is 82.3. The van der Waals surface area contributed by atoms with Crippen molar-refractivity contribution in [2.75, 3.05) is 26.3 Å². The van der Waals surface area contributed by atoms with Gasteiger partial charge in [-0.05, 0) is 77.6 Å². The Morgan fingerprint density at radius 1 is 0.371 bits per heavy atom. The normalized spacial score (nSPS) is 34.6. The van der Waals surface area contributed by atoms with Crippen LogP contribution in [0.15, 0.2) is 136 Å². The van der Waals surface area contributed by atoms with Gasteiger partial charge in [-0.2, -0.15) is 0 Å². The molecule has 0 amide bonds. The summed E-state index contributed by atoms with van der Waals surface area (Å²) in [5.74, 6) is -13.5. The first-order valence-corrected chi connectivity index (χ1v) is 42.2. The first kappa shape index (κ1) is 84.1. The van der Waals surface area contributed by atoms with Crippen LogP contribution in [-0.2, 0) is 99.8 Å². The zero-order chi connectivity index (χ0) is 95.6. The summed E-state index contributed by atoms with van der Waals surface area (Å²) in [4.78, 5) is 102. The van der Waals surface area contributed by atoms with E-state index in [1.165, 1.54) is 27.7 Å². The zero-order valence-corrected chi connectivity index (χ0v) is 68.9. The number of nitrogens with zero attached hydrogens (tertiary/aromatic N) is 4. The van der Waals surface area contributed by atoms with E-state index in [0.29, 0.717) is 53.6 Å². The summed E-state index contributed by atoms with van der Waals surface area (Å²) in [5.41, 5.74) is -3.07. The lowest BCUT2D eigenvalue weighted by atomic mass is 10.1. The predicted molar refractivity (Wildman–Crippen MR) is 409 cm³/mol. The standard InChI is InChI=1S/4C18H20FN2O9P/c4*1-9-4-3-5-11-7-27-31(26,30-13(9)11)28-8-18(19)14(23)12(22)16(29-18)21-6-10(2)15(24)20-17(21)25/h4*3-6,12,14,16,22-23H,7-8H2,1-2H3,(H,20,24,25)/t4*12-,14+,16-,18-,31?/m1111/s1/i8D2,16D;16D;8D2;. The summed E-state index contributed by atoms with van der Waals surface area (Å²) in [7, 11) is -18.2. The molecular weight excluding hydrogens is 1750 g/mol. The summed E-state index contributed by atoms with van der Waals surface area (Å²) in [6, 6.07) is 20.1. The third-order valence-electron chi connectivity index (χ3n) is 19.6. The first-order valence-electron chi connectivity index (χ1n) is 39.4. The number of aromatic nitrogens is 8. The van der Waals surface area contributed by atoms with E-state index in [4.69, 9.17) is 81.5 Å². The van der Waals surface area contributed by atoms with Crippen molar-refractivity contribution in [2.24, 2.45) is 0 Å². The maximum atomic E-state index is 15.9. The smallest absolute Gasteiger partial charge is 0.403 e. The van der Waals surface area contributed by atoms with Crippen molar-refractivity contribution in [1.82, 2.24) is 38.2 Å². The number of aromatic amines is 4. The van der Waals surface area contributed by atoms with E-state index in [0.717, 1.165) is 29.4 Å². The molecule has 0 saturated carbocycles. The van der Waals surface area contributed by atoms with Crippen LogP contribution >= 0.6 is 31.3 Å². The van der Waals surface area contributed by atoms with Crippen LogP contribution in [0.5, 0.6) is 23.0 Å². The summed E-state index contributed by atoms with van der Waals surface area (Å²) >= 11 is 0. The molecule has 12 heterocycles. The Hall–Kier alpha value is -9.36. The highest BCUT2D eigenvalue weighted by atomic mass is 31.2. The molecule has 8 aliphatic rings. The molecule has 0 spiro atoms. The lowest BCUT2D eigenvalue weighted by Crippen LogP contribution is -2.43. The maximum absolute atomic E-state index is 15.9. The fourth-order valence-corrected chi connectivity index (χ4v) is 17.6. The highest BCUT2D eigenvalue weighted by molar-refractivity contribution is 7.49. The molecule has 672 valence electrons. The second-order valence-electron chi connectivity index (χ2n) is 28.7. The van der Waals surface area contributed by atoms with E-state index in [1.54, 1.807) is 100 Å². The predicted octanol–water partition coefficient (Wildman–Crippen LogP) is 3.21. The molecule has 44 nitrogen and oxygen atoms in total. The van der Waals surface area contributed by atoms with Gasteiger partial charge in [0.2, 0.25) is 0 Å². The Morgan fingerprint density at radius 2 is 0.613 bits per heavy atom. The largest absolute Gasteiger partial charge is 0.530 e. The van der Waals surface area contributed by atoms with Gasteiger partial charge < -0.3 is 77.9 Å². The summed E-state index contributed by atoms with van der Waals surface area (Å²) in [6.07, 6.45) is -24.9. The van der Waals surface area contributed by atoms with E-state index < -0.39 is 200 Å². The number of nitrogens with one attached hydrogen (secondary N) is 4. The van der Waals surface area contributed by atoms with Gasteiger partial charge in [-0.1, -0.05) is 72.8 Å². The number of rotatable bonds is 16. The number of fused-ring (bicyclic) bond motifs is 4. The molecule has 4 aromatic heterocycles. The number of hydrogen-bond donors (Lipinski definition) is 12. The third kappa shape index (κ3) is 18.6. The SMILES string of the molecule is Cc1cccc2c1OP(=O)(OC[C@@]1(F)O[C@@H](n3cc(C)c(=O)[nH]c3=O)[C@H](O)[C@@H]1O)OC2.[2H]C([2H])(OP1(=O)OCc2cccc(C)c2O1)[C@@]1(F)O[C@@H](n2cc(C)c(=O)[nH]c2=O)[C@H](O)[C@@H]1O.[2H]C([2H])(OP1(=O)OCc2cccc(C)c2O1)[C@@]1(F)O[C@@]([2H])(n2cc(C)c(=O)[nH]c2=O)[C@H](O)[C@@H]1O.[2H][C@@]1(n2cc(C)c(=O)[nH]c2=O)O[C@](F)(COP2(=O)OCc3cccc(C)c3O2)[C@@H](O)[C@H]1O. The minimum absolute atomic E-state index is 0.00186. The fraction of sp³-hybridized carbons (Fsp3) is 0.444.